The van der Waals surface area contributed by atoms with Crippen molar-refractivity contribution < 1.29 is 17.9 Å². The van der Waals surface area contributed by atoms with E-state index in [-0.39, 0.29) is 24.1 Å². The number of rotatable bonds is 9. The fraction of sp³-hybridized carbons (Fsp3) is 0.917. The molecule has 7 heteroatoms. The molecule has 0 spiro atoms. The first-order valence-electron chi connectivity index (χ1n) is 6.45. The summed E-state index contributed by atoms with van der Waals surface area (Å²) in [7, 11) is -1.52. The van der Waals surface area contributed by atoms with Crippen molar-refractivity contribution in [1.82, 2.24) is 4.90 Å². The Hall–Kier alpha value is -0.660. The lowest BCUT2D eigenvalue weighted by atomic mass is 10.1. The predicted octanol–water partition coefficient (Wildman–Crippen LogP) is 0.0219. The summed E-state index contributed by atoms with van der Waals surface area (Å²) in [5.41, 5.74) is 5.79. The van der Waals surface area contributed by atoms with E-state index in [0.29, 0.717) is 13.2 Å². The van der Waals surface area contributed by atoms with Crippen LogP contribution in [0.5, 0.6) is 0 Å². The topological polar surface area (TPSA) is 89.7 Å². The van der Waals surface area contributed by atoms with E-state index in [1.165, 1.54) is 0 Å². The molecular formula is C12H26N2O4S. The van der Waals surface area contributed by atoms with Crippen LogP contribution in [0.15, 0.2) is 0 Å². The summed E-state index contributed by atoms with van der Waals surface area (Å²) >= 11 is 0. The smallest absolute Gasteiger partial charge is 0.239 e. The average Bonchev–Trinajstić information content (AvgIpc) is 2.34. The SMILES string of the molecule is CCC(C)N(CCOC)C(=O)C(N)CCS(C)(=O)=O. The number of nitrogens with zero attached hydrogens (tertiary/aromatic N) is 1. The lowest BCUT2D eigenvalue weighted by molar-refractivity contribution is -0.135. The second-order valence-corrected chi connectivity index (χ2v) is 7.07. The minimum Gasteiger partial charge on any atom is -0.383 e. The van der Waals surface area contributed by atoms with Gasteiger partial charge in [0.15, 0.2) is 0 Å². The predicted molar refractivity (Wildman–Crippen MR) is 75.6 cm³/mol. The van der Waals surface area contributed by atoms with Gasteiger partial charge in [-0.3, -0.25) is 4.79 Å². The van der Waals surface area contributed by atoms with E-state index in [1.807, 2.05) is 13.8 Å². The number of amides is 1. The molecule has 0 rings (SSSR count). The Morgan fingerprint density at radius 2 is 2.00 bits per heavy atom. The molecule has 19 heavy (non-hydrogen) atoms. The van der Waals surface area contributed by atoms with E-state index in [2.05, 4.69) is 0 Å². The lowest BCUT2D eigenvalue weighted by Crippen LogP contribution is -2.49. The van der Waals surface area contributed by atoms with Crippen LogP contribution in [-0.4, -0.2) is 63.6 Å². The van der Waals surface area contributed by atoms with Gasteiger partial charge in [0.25, 0.3) is 0 Å². The van der Waals surface area contributed by atoms with E-state index < -0.39 is 15.9 Å². The van der Waals surface area contributed by atoms with Crippen LogP contribution in [-0.2, 0) is 19.4 Å². The molecule has 0 aromatic heterocycles. The highest BCUT2D eigenvalue weighted by Crippen LogP contribution is 2.07. The van der Waals surface area contributed by atoms with Gasteiger partial charge in [-0.05, 0) is 19.8 Å². The highest BCUT2D eigenvalue weighted by molar-refractivity contribution is 7.90. The molecule has 0 aliphatic heterocycles. The van der Waals surface area contributed by atoms with Crippen molar-refractivity contribution >= 4 is 15.7 Å². The second-order valence-electron chi connectivity index (χ2n) is 4.81. The van der Waals surface area contributed by atoms with Gasteiger partial charge in [-0.15, -0.1) is 0 Å². The van der Waals surface area contributed by atoms with Crippen molar-refractivity contribution in [2.75, 3.05) is 32.3 Å². The maximum atomic E-state index is 12.2. The van der Waals surface area contributed by atoms with Gasteiger partial charge >= 0.3 is 0 Å². The van der Waals surface area contributed by atoms with Crippen molar-refractivity contribution in [3.05, 3.63) is 0 Å². The number of hydrogen-bond donors (Lipinski definition) is 1. The number of sulfone groups is 1. The number of carbonyl (C=O) groups excluding carboxylic acids is 1. The Labute approximate surface area is 116 Å². The van der Waals surface area contributed by atoms with E-state index in [4.69, 9.17) is 10.5 Å². The zero-order valence-corrected chi connectivity index (χ0v) is 13.1. The van der Waals surface area contributed by atoms with E-state index in [0.717, 1.165) is 12.7 Å². The average molecular weight is 294 g/mol. The first kappa shape index (κ1) is 18.3. The molecule has 2 unspecified atom stereocenters. The monoisotopic (exact) mass is 294 g/mol. The summed E-state index contributed by atoms with van der Waals surface area (Å²) in [6, 6.07) is -0.715. The first-order chi connectivity index (χ1) is 8.72. The summed E-state index contributed by atoms with van der Waals surface area (Å²) in [5.74, 6) is -0.284. The van der Waals surface area contributed by atoms with Crippen LogP contribution in [0.3, 0.4) is 0 Å². The molecule has 0 heterocycles. The molecule has 0 aromatic carbocycles. The first-order valence-corrected chi connectivity index (χ1v) is 8.51. The molecular weight excluding hydrogens is 268 g/mol. The number of methoxy groups -OCH3 is 1. The highest BCUT2D eigenvalue weighted by Gasteiger charge is 2.24. The molecule has 6 nitrogen and oxygen atoms in total. The van der Waals surface area contributed by atoms with Crippen molar-refractivity contribution in [3.63, 3.8) is 0 Å². The zero-order chi connectivity index (χ0) is 15.1. The minimum absolute atomic E-state index is 0.0620. The summed E-state index contributed by atoms with van der Waals surface area (Å²) in [6.07, 6.45) is 2.10. The molecule has 2 N–H and O–H groups in total. The molecule has 0 saturated heterocycles. The molecule has 0 aromatic rings. The maximum Gasteiger partial charge on any atom is 0.239 e. The van der Waals surface area contributed by atoms with Gasteiger partial charge in [-0.1, -0.05) is 6.92 Å². The zero-order valence-electron chi connectivity index (χ0n) is 12.3. The van der Waals surface area contributed by atoms with Crippen molar-refractivity contribution in [2.45, 2.75) is 38.8 Å². The normalized spacial score (nSPS) is 15.0. The van der Waals surface area contributed by atoms with Gasteiger partial charge in [0.05, 0.1) is 18.4 Å². The van der Waals surface area contributed by atoms with E-state index in [1.54, 1.807) is 12.0 Å². The van der Waals surface area contributed by atoms with Crippen molar-refractivity contribution in [3.8, 4) is 0 Å². The second kappa shape index (κ2) is 8.50. The lowest BCUT2D eigenvalue weighted by Gasteiger charge is -2.30. The van der Waals surface area contributed by atoms with E-state index in [9.17, 15) is 13.2 Å². The Morgan fingerprint density at radius 3 is 2.42 bits per heavy atom. The molecule has 0 radical (unpaired) electrons. The fourth-order valence-electron chi connectivity index (χ4n) is 1.64. The molecule has 2 atom stereocenters. The summed E-state index contributed by atoms with van der Waals surface area (Å²) < 4.78 is 27.2. The number of hydrogen-bond acceptors (Lipinski definition) is 5. The van der Waals surface area contributed by atoms with Gasteiger partial charge < -0.3 is 15.4 Å². The molecule has 1 amide bonds. The largest absolute Gasteiger partial charge is 0.383 e. The molecule has 0 aliphatic carbocycles. The van der Waals surface area contributed by atoms with Gasteiger partial charge in [0.2, 0.25) is 5.91 Å². The van der Waals surface area contributed by atoms with Gasteiger partial charge in [0, 0.05) is 26.0 Å². The van der Waals surface area contributed by atoms with Crippen LogP contribution >= 0.6 is 0 Å². The van der Waals surface area contributed by atoms with Crippen LogP contribution in [0.2, 0.25) is 0 Å². The molecule has 0 bridgehead atoms. The Kier molecular flexibility index (Phi) is 8.20. The Balaban J connectivity index is 4.59. The molecule has 0 fully saturated rings. The minimum atomic E-state index is -3.10. The molecule has 114 valence electrons. The van der Waals surface area contributed by atoms with Crippen LogP contribution in [0.1, 0.15) is 26.7 Å². The third kappa shape index (κ3) is 7.49. The Bertz CT molecular complexity index is 370. The number of nitrogens with two attached hydrogens (primary N) is 1. The van der Waals surface area contributed by atoms with Gasteiger partial charge in [-0.25, -0.2) is 8.42 Å². The van der Waals surface area contributed by atoms with Crippen LogP contribution < -0.4 is 5.73 Å². The van der Waals surface area contributed by atoms with Crippen molar-refractivity contribution in [2.24, 2.45) is 5.73 Å². The summed E-state index contributed by atoms with van der Waals surface area (Å²) in [6.45, 7) is 4.84. The van der Waals surface area contributed by atoms with E-state index >= 15 is 0 Å². The Morgan fingerprint density at radius 1 is 1.42 bits per heavy atom. The summed E-state index contributed by atoms with van der Waals surface area (Å²) in [5, 5.41) is 0. The molecule has 0 saturated carbocycles. The van der Waals surface area contributed by atoms with Crippen LogP contribution in [0, 0.1) is 0 Å². The van der Waals surface area contributed by atoms with Crippen LogP contribution in [0.25, 0.3) is 0 Å². The van der Waals surface area contributed by atoms with Crippen LogP contribution in [0.4, 0.5) is 0 Å². The number of ether oxygens (including phenoxy) is 1. The maximum absolute atomic E-state index is 12.2. The third-order valence-corrected chi connectivity index (χ3v) is 4.04. The molecule has 0 aliphatic rings. The summed E-state index contributed by atoms with van der Waals surface area (Å²) in [4.78, 5) is 13.9. The number of carbonyl (C=O) groups is 1. The quantitative estimate of drug-likeness (QED) is 0.647. The van der Waals surface area contributed by atoms with Gasteiger partial charge in [-0.2, -0.15) is 0 Å². The standard InChI is InChI=1S/C12H26N2O4S/c1-5-10(2)14(7-8-18-3)12(15)11(13)6-9-19(4,16)17/h10-11H,5-9,13H2,1-4H3. The third-order valence-electron chi connectivity index (χ3n) is 3.06. The fourth-order valence-corrected chi connectivity index (χ4v) is 2.32. The van der Waals surface area contributed by atoms with Crippen molar-refractivity contribution in [1.29, 1.82) is 0 Å². The highest BCUT2D eigenvalue weighted by atomic mass is 32.2. The van der Waals surface area contributed by atoms with Gasteiger partial charge in [0.1, 0.15) is 9.84 Å².